The van der Waals surface area contributed by atoms with Gasteiger partial charge < -0.3 is 0 Å². The number of hydrogen-bond acceptors (Lipinski definition) is 7. The Bertz CT molecular complexity index is 1720. The Morgan fingerprint density at radius 3 is 1.62 bits per heavy atom. The van der Waals surface area contributed by atoms with Crippen LogP contribution in [0.1, 0.15) is 40.3 Å². The highest BCUT2D eigenvalue weighted by Crippen LogP contribution is 2.51. The maximum atomic E-state index is 13.2. The molecule has 42 heavy (non-hydrogen) atoms. The molecule has 1 aromatic heterocycles. The average Bonchev–Trinajstić information content (AvgIpc) is 3.37. The standard InChI is InChI=1S/C34H33N5OS2/c1-8-37-33(40)27(42-34(37)41)13-14-28-38(29-21(4)15-19(2)16-22(29)5)31-32(36-26-12-10-9-11-25(26)35-31)39(28)30-23(6)17-20(3)18-24(30)7/h9-18H,8H2,1-7H3/b27-13-. The van der Waals surface area contributed by atoms with E-state index in [4.69, 9.17) is 22.2 Å². The van der Waals surface area contributed by atoms with Crippen LogP contribution in [0, 0.1) is 41.5 Å². The zero-order valence-electron chi connectivity index (χ0n) is 24.9. The molecule has 1 saturated heterocycles. The van der Waals surface area contributed by atoms with Crippen LogP contribution in [0.5, 0.6) is 0 Å². The maximum Gasteiger partial charge on any atom is 0.266 e. The van der Waals surface area contributed by atoms with Crippen LogP contribution >= 0.6 is 24.0 Å². The number of thioether (sulfide) groups is 1. The SMILES string of the molecule is CCN1C(=O)/C(=C/C=C2N(c3c(C)cc(C)cc3C)c3nc4ccccc4nc3N2c2c(C)cc(C)cc2C)SC1=S. The number of fused-ring (bicyclic) bond motifs is 2. The molecule has 4 aromatic rings. The fourth-order valence-corrected chi connectivity index (χ4v) is 7.50. The first-order chi connectivity index (χ1) is 20.1. The molecule has 3 aromatic carbocycles. The number of thiocarbonyl (C=S) groups is 1. The molecule has 0 atom stereocenters. The topological polar surface area (TPSA) is 52.6 Å². The number of carbonyl (C=O) groups is 1. The van der Waals surface area contributed by atoms with Crippen LogP contribution in [-0.2, 0) is 4.79 Å². The van der Waals surface area contributed by atoms with Gasteiger partial charge in [0.05, 0.1) is 27.3 Å². The van der Waals surface area contributed by atoms with Crippen molar-refractivity contribution in [1.29, 1.82) is 0 Å². The molecule has 0 N–H and O–H groups in total. The third kappa shape index (κ3) is 4.59. The lowest BCUT2D eigenvalue weighted by atomic mass is 10.0. The first-order valence-corrected chi connectivity index (χ1v) is 15.3. The minimum absolute atomic E-state index is 0.0645. The Balaban J connectivity index is 1.69. The summed E-state index contributed by atoms with van der Waals surface area (Å²) in [7, 11) is 0. The third-order valence-electron chi connectivity index (χ3n) is 7.71. The summed E-state index contributed by atoms with van der Waals surface area (Å²) in [6.07, 6.45) is 3.92. The molecule has 1 amide bonds. The van der Waals surface area contributed by atoms with Gasteiger partial charge in [0, 0.05) is 6.54 Å². The predicted molar refractivity (Wildman–Crippen MR) is 179 cm³/mol. The lowest BCUT2D eigenvalue weighted by molar-refractivity contribution is -0.122. The zero-order valence-corrected chi connectivity index (χ0v) is 26.6. The summed E-state index contributed by atoms with van der Waals surface area (Å²) in [5.41, 5.74) is 10.7. The number of rotatable bonds is 4. The van der Waals surface area contributed by atoms with Gasteiger partial charge >= 0.3 is 0 Å². The Labute approximate surface area is 256 Å². The second kappa shape index (κ2) is 10.7. The number of carbonyl (C=O) groups excluding carboxylic acids is 1. The molecule has 0 saturated carbocycles. The van der Waals surface area contributed by atoms with Crippen LogP contribution in [0.4, 0.5) is 23.0 Å². The van der Waals surface area contributed by atoms with E-state index in [-0.39, 0.29) is 5.91 Å². The molecule has 2 aliphatic heterocycles. The van der Waals surface area contributed by atoms with Crippen LogP contribution in [0.3, 0.4) is 0 Å². The van der Waals surface area contributed by atoms with Gasteiger partial charge in [-0.15, -0.1) is 0 Å². The van der Waals surface area contributed by atoms with E-state index >= 15 is 0 Å². The quantitative estimate of drug-likeness (QED) is 0.175. The monoisotopic (exact) mass is 591 g/mol. The van der Waals surface area contributed by atoms with Crippen LogP contribution in [0.15, 0.2) is 71.4 Å². The minimum atomic E-state index is -0.0645. The molecule has 1 fully saturated rings. The number of benzene rings is 3. The Morgan fingerprint density at radius 2 is 1.21 bits per heavy atom. The van der Waals surface area contributed by atoms with Crippen molar-refractivity contribution in [2.75, 3.05) is 16.3 Å². The second-order valence-corrected chi connectivity index (χ2v) is 12.7. The number of amides is 1. The molecule has 212 valence electrons. The summed E-state index contributed by atoms with van der Waals surface area (Å²) < 4.78 is 0.584. The van der Waals surface area contributed by atoms with Crippen molar-refractivity contribution in [1.82, 2.24) is 14.9 Å². The highest BCUT2D eigenvalue weighted by atomic mass is 32.2. The van der Waals surface area contributed by atoms with Crippen molar-refractivity contribution in [2.45, 2.75) is 48.5 Å². The van der Waals surface area contributed by atoms with E-state index in [2.05, 4.69) is 75.6 Å². The molecule has 0 aliphatic carbocycles. The molecule has 3 heterocycles. The van der Waals surface area contributed by atoms with Gasteiger partial charge in [-0.05, 0) is 95.0 Å². The van der Waals surface area contributed by atoms with E-state index in [0.29, 0.717) is 15.8 Å². The number of anilines is 4. The van der Waals surface area contributed by atoms with Gasteiger partial charge in [0.15, 0.2) is 11.6 Å². The molecular weight excluding hydrogens is 559 g/mol. The smallest absolute Gasteiger partial charge is 0.266 e. The molecular formula is C34H33N5OS2. The van der Waals surface area contributed by atoms with Crippen molar-refractivity contribution < 1.29 is 4.79 Å². The Kier molecular flexibility index (Phi) is 7.15. The van der Waals surface area contributed by atoms with E-state index in [1.165, 1.54) is 22.9 Å². The van der Waals surface area contributed by atoms with Crippen molar-refractivity contribution >= 4 is 68.3 Å². The van der Waals surface area contributed by atoms with Crippen LogP contribution in [0.25, 0.3) is 11.0 Å². The van der Waals surface area contributed by atoms with E-state index in [1.807, 2.05) is 43.3 Å². The molecule has 6 nitrogen and oxygen atoms in total. The van der Waals surface area contributed by atoms with E-state index in [1.54, 1.807) is 4.90 Å². The van der Waals surface area contributed by atoms with Gasteiger partial charge in [0.2, 0.25) is 0 Å². The number of hydrogen-bond donors (Lipinski definition) is 0. The highest BCUT2D eigenvalue weighted by molar-refractivity contribution is 8.26. The van der Waals surface area contributed by atoms with Gasteiger partial charge in [-0.2, -0.15) is 0 Å². The lowest BCUT2D eigenvalue weighted by Gasteiger charge is -2.29. The van der Waals surface area contributed by atoms with Gasteiger partial charge in [-0.25, -0.2) is 9.97 Å². The maximum absolute atomic E-state index is 13.2. The Morgan fingerprint density at radius 1 is 0.762 bits per heavy atom. The number of aromatic nitrogens is 2. The van der Waals surface area contributed by atoms with Crippen molar-refractivity contribution in [3.8, 4) is 0 Å². The third-order valence-corrected chi connectivity index (χ3v) is 9.10. The van der Waals surface area contributed by atoms with Gasteiger partial charge in [0.1, 0.15) is 10.1 Å². The van der Waals surface area contributed by atoms with Gasteiger partial charge in [0.25, 0.3) is 5.91 Å². The first-order valence-electron chi connectivity index (χ1n) is 14.1. The Hall–Kier alpha value is -4.01. The van der Waals surface area contributed by atoms with Gasteiger partial charge in [-0.1, -0.05) is 71.5 Å². The molecule has 2 aliphatic rings. The first kappa shape index (κ1) is 28.1. The summed E-state index contributed by atoms with van der Waals surface area (Å²) in [5.74, 6) is 2.30. The zero-order chi connectivity index (χ0) is 29.9. The number of likely N-dealkylation sites (N-methyl/N-ethyl adjacent to an activating group) is 1. The summed E-state index contributed by atoms with van der Waals surface area (Å²) in [6, 6.07) is 16.8. The summed E-state index contributed by atoms with van der Waals surface area (Å²) in [5, 5.41) is 0. The van der Waals surface area contributed by atoms with Crippen LogP contribution in [0.2, 0.25) is 0 Å². The van der Waals surface area contributed by atoms with Crippen LogP contribution < -0.4 is 9.80 Å². The predicted octanol–water partition coefficient (Wildman–Crippen LogP) is 8.38. The van der Waals surface area contributed by atoms with Gasteiger partial charge in [-0.3, -0.25) is 19.5 Å². The largest absolute Gasteiger partial charge is 0.293 e. The highest BCUT2D eigenvalue weighted by Gasteiger charge is 2.39. The number of allylic oxidation sites excluding steroid dienone is 2. The number of nitrogens with zero attached hydrogens (tertiary/aromatic N) is 5. The fraction of sp³-hybridized carbons (Fsp3) is 0.235. The van der Waals surface area contributed by atoms with Crippen molar-refractivity contribution in [2.24, 2.45) is 0 Å². The van der Waals surface area contributed by atoms with E-state index < -0.39 is 0 Å². The minimum Gasteiger partial charge on any atom is -0.293 e. The molecule has 6 rings (SSSR count). The number of para-hydroxylation sites is 2. The second-order valence-electron chi connectivity index (χ2n) is 11.0. The normalized spacial score (nSPS) is 15.9. The van der Waals surface area contributed by atoms with Crippen molar-refractivity contribution in [3.05, 3.63) is 105 Å². The van der Waals surface area contributed by atoms with Crippen molar-refractivity contribution in [3.63, 3.8) is 0 Å². The molecule has 0 radical (unpaired) electrons. The molecule has 0 unspecified atom stereocenters. The molecule has 0 bridgehead atoms. The number of aryl methyl sites for hydroxylation is 6. The summed E-state index contributed by atoms with van der Waals surface area (Å²) in [4.78, 5) is 30.3. The summed E-state index contributed by atoms with van der Waals surface area (Å²) >= 11 is 6.85. The van der Waals surface area contributed by atoms with E-state index in [0.717, 1.165) is 62.1 Å². The molecule has 0 spiro atoms. The van der Waals surface area contributed by atoms with Crippen LogP contribution in [-0.4, -0.2) is 31.6 Å². The average molecular weight is 592 g/mol. The van der Waals surface area contributed by atoms with E-state index in [9.17, 15) is 4.79 Å². The fourth-order valence-electron chi connectivity index (χ4n) is 6.18. The molecule has 8 heteroatoms. The lowest BCUT2D eigenvalue weighted by Crippen LogP contribution is -2.27. The summed E-state index contributed by atoms with van der Waals surface area (Å²) in [6.45, 7) is 15.3.